The number of hydrogen-bond acceptors (Lipinski definition) is 4. The van der Waals surface area contributed by atoms with Crippen LogP contribution in [0.5, 0.6) is 0 Å². The van der Waals surface area contributed by atoms with Crippen LogP contribution < -0.4 is 4.83 Å². The maximum Gasteiger partial charge on any atom is 0.434 e. The van der Waals surface area contributed by atoms with Crippen molar-refractivity contribution in [3.05, 3.63) is 90.5 Å². The smallest absolute Gasteiger partial charge is 0.351 e. The number of rotatable bonds is 4. The zero-order valence-electron chi connectivity index (χ0n) is 16.5. The highest BCUT2D eigenvalue weighted by atomic mass is 32.2. The van der Waals surface area contributed by atoms with Crippen molar-refractivity contribution < 1.29 is 26.0 Å². The molecule has 12 heteroatoms. The van der Waals surface area contributed by atoms with Gasteiger partial charge >= 0.3 is 6.18 Å². The summed E-state index contributed by atoms with van der Waals surface area (Å²) in [6.07, 6.45) is 0.788. The van der Waals surface area contributed by atoms with E-state index in [9.17, 15) is 26.0 Å². The summed E-state index contributed by atoms with van der Waals surface area (Å²) in [6, 6.07) is 10.7. The van der Waals surface area contributed by atoms with E-state index in [0.717, 1.165) is 6.07 Å². The van der Waals surface area contributed by atoms with Crippen LogP contribution in [-0.4, -0.2) is 28.0 Å². The van der Waals surface area contributed by atoms with Crippen LogP contribution in [0.3, 0.4) is 0 Å². The number of aromatic amines is 1. The number of imidazole rings is 2. The van der Waals surface area contributed by atoms with Gasteiger partial charge in [-0.1, -0.05) is 18.2 Å². The molecular weight excluding hydrogens is 450 g/mol. The summed E-state index contributed by atoms with van der Waals surface area (Å²) in [5.41, 5.74) is -0.868. The number of sulfonamides is 1. The minimum atomic E-state index is -4.81. The Hall–Kier alpha value is -3.67. The van der Waals surface area contributed by atoms with Crippen molar-refractivity contribution in [1.82, 2.24) is 19.6 Å². The molecule has 2 N–H and O–H groups in total. The van der Waals surface area contributed by atoms with Gasteiger partial charge in [0.05, 0.1) is 17.4 Å². The summed E-state index contributed by atoms with van der Waals surface area (Å²) in [5.74, 6) is -1.07. The van der Waals surface area contributed by atoms with Gasteiger partial charge in [-0.05, 0) is 42.8 Å². The van der Waals surface area contributed by atoms with Crippen molar-refractivity contribution in [2.75, 3.05) is 4.83 Å². The number of nitrogens with one attached hydrogen (secondary N) is 2. The van der Waals surface area contributed by atoms with Crippen molar-refractivity contribution in [3.8, 4) is 11.4 Å². The fourth-order valence-electron chi connectivity index (χ4n) is 2.65. The monoisotopic (exact) mass is 467 g/mol. The molecule has 0 atom stereocenters. The van der Waals surface area contributed by atoms with E-state index in [0.29, 0.717) is 16.4 Å². The van der Waals surface area contributed by atoms with Gasteiger partial charge in [0.15, 0.2) is 11.5 Å². The van der Waals surface area contributed by atoms with Gasteiger partial charge in [0.1, 0.15) is 5.82 Å². The molecule has 2 aromatic carbocycles. The Morgan fingerprint density at radius 3 is 2.34 bits per heavy atom. The van der Waals surface area contributed by atoms with Crippen LogP contribution in [0, 0.1) is 12.7 Å². The van der Waals surface area contributed by atoms with E-state index in [1.54, 1.807) is 31.7 Å². The lowest BCUT2D eigenvalue weighted by Gasteiger charge is -2.12. The van der Waals surface area contributed by atoms with Crippen LogP contribution in [0.15, 0.2) is 78.3 Å². The Balaban J connectivity index is 0.000000509. The normalized spacial score (nSPS) is 11.5. The van der Waals surface area contributed by atoms with Crippen molar-refractivity contribution >= 4 is 10.0 Å². The molecule has 2 aromatic heterocycles. The quantitative estimate of drug-likeness (QED) is 0.436. The molecule has 0 radical (unpaired) electrons. The first-order valence-electron chi connectivity index (χ1n) is 9.01. The van der Waals surface area contributed by atoms with E-state index in [1.165, 1.54) is 36.4 Å². The highest BCUT2D eigenvalue weighted by Gasteiger charge is 2.35. The van der Waals surface area contributed by atoms with E-state index in [4.69, 9.17) is 0 Å². The first-order chi connectivity index (χ1) is 15.1. The molecule has 4 rings (SSSR count). The summed E-state index contributed by atoms with van der Waals surface area (Å²) in [7, 11) is -4.18. The molecule has 0 saturated carbocycles. The molecule has 32 heavy (non-hydrogen) atoms. The number of aryl methyl sites for hydroxylation is 1. The molecule has 0 amide bonds. The predicted octanol–water partition coefficient (Wildman–Crippen LogP) is 4.36. The molecule has 7 nitrogen and oxygen atoms in total. The second kappa shape index (κ2) is 9.22. The first kappa shape index (κ1) is 23.0. The van der Waals surface area contributed by atoms with E-state index in [2.05, 4.69) is 15.0 Å². The third kappa shape index (κ3) is 5.72. The lowest BCUT2D eigenvalue weighted by atomic mass is 10.1. The molecule has 2 heterocycles. The molecule has 0 spiro atoms. The van der Waals surface area contributed by atoms with E-state index < -0.39 is 27.7 Å². The zero-order chi connectivity index (χ0) is 23.4. The minimum absolute atomic E-state index is 0.00115. The molecule has 0 bridgehead atoms. The second-order valence-electron chi connectivity index (χ2n) is 6.50. The number of H-pyrrole nitrogens is 1. The number of nitrogens with zero attached hydrogens (tertiary/aromatic N) is 3. The fourth-order valence-corrected chi connectivity index (χ4v) is 3.67. The fraction of sp³-hybridized carbons (Fsp3) is 0.100. The Labute approximate surface area is 180 Å². The van der Waals surface area contributed by atoms with Gasteiger partial charge in [-0.25, -0.2) is 23.9 Å². The Morgan fingerprint density at radius 1 is 1.09 bits per heavy atom. The minimum Gasteiger partial charge on any atom is -0.351 e. The van der Waals surface area contributed by atoms with Crippen LogP contribution in [0.2, 0.25) is 0 Å². The Morgan fingerprint density at radius 2 is 1.81 bits per heavy atom. The average molecular weight is 467 g/mol. The van der Waals surface area contributed by atoms with Crippen LogP contribution in [0.25, 0.3) is 11.4 Å². The largest absolute Gasteiger partial charge is 0.434 e. The highest BCUT2D eigenvalue weighted by Crippen LogP contribution is 2.31. The summed E-state index contributed by atoms with van der Waals surface area (Å²) < 4.78 is 78.5. The Kier molecular flexibility index (Phi) is 6.63. The molecule has 0 unspecified atom stereocenters. The van der Waals surface area contributed by atoms with Crippen molar-refractivity contribution in [2.45, 2.75) is 18.0 Å². The summed E-state index contributed by atoms with van der Waals surface area (Å²) >= 11 is 0. The first-order valence-corrected chi connectivity index (χ1v) is 10.5. The zero-order valence-corrected chi connectivity index (χ0v) is 17.3. The number of aromatic nitrogens is 4. The maximum absolute atomic E-state index is 13.7. The summed E-state index contributed by atoms with van der Waals surface area (Å²) in [5, 5.41) is 0. The van der Waals surface area contributed by atoms with Gasteiger partial charge in [-0.3, -0.25) is 0 Å². The number of alkyl halides is 3. The average Bonchev–Trinajstić information content (AvgIpc) is 3.41. The third-order valence-electron chi connectivity index (χ3n) is 3.97. The van der Waals surface area contributed by atoms with Gasteiger partial charge in [0.25, 0.3) is 10.0 Å². The summed E-state index contributed by atoms with van der Waals surface area (Å²) in [4.78, 5) is 11.8. The summed E-state index contributed by atoms with van der Waals surface area (Å²) in [6.45, 7) is 1.55. The molecule has 0 aliphatic rings. The third-order valence-corrected chi connectivity index (χ3v) is 5.30. The maximum atomic E-state index is 13.7. The van der Waals surface area contributed by atoms with E-state index in [1.807, 2.05) is 4.83 Å². The van der Waals surface area contributed by atoms with Gasteiger partial charge in [0, 0.05) is 18.0 Å². The molecule has 168 valence electrons. The van der Waals surface area contributed by atoms with E-state index >= 15 is 0 Å². The lowest BCUT2D eigenvalue weighted by molar-refractivity contribution is -0.140. The standard InChI is InChI=1S/C17H13F4N3O2S.C3H4N2/c1-11-7-12(9-13(18)8-11)16-22-15(17(19,20)21)10-24(16)23-27(25,26)14-5-3-2-4-6-14;1-2-5-3-4-1/h2-10,23H,1H3;1-3H,(H,4,5). The second-order valence-corrected chi connectivity index (χ2v) is 8.16. The number of halogens is 4. The van der Waals surface area contributed by atoms with Gasteiger partial charge < -0.3 is 4.98 Å². The van der Waals surface area contributed by atoms with Crippen LogP contribution >= 0.6 is 0 Å². The van der Waals surface area contributed by atoms with Gasteiger partial charge in [-0.2, -0.15) is 21.6 Å². The van der Waals surface area contributed by atoms with Crippen LogP contribution in [0.1, 0.15) is 11.3 Å². The molecule has 0 aliphatic heterocycles. The molecule has 4 aromatic rings. The topological polar surface area (TPSA) is 92.7 Å². The lowest BCUT2D eigenvalue weighted by Crippen LogP contribution is -2.23. The predicted molar refractivity (Wildman–Crippen MR) is 109 cm³/mol. The van der Waals surface area contributed by atoms with Gasteiger partial charge in [-0.15, -0.1) is 0 Å². The van der Waals surface area contributed by atoms with Crippen molar-refractivity contribution in [3.63, 3.8) is 0 Å². The van der Waals surface area contributed by atoms with Gasteiger partial charge in [0.2, 0.25) is 0 Å². The number of hydrogen-bond donors (Lipinski definition) is 2. The van der Waals surface area contributed by atoms with Crippen molar-refractivity contribution in [1.29, 1.82) is 0 Å². The Bertz CT molecular complexity index is 1230. The molecular formula is C20H17F4N5O2S. The SMILES string of the molecule is Cc1cc(F)cc(-c2nc(C(F)(F)F)cn2NS(=O)(=O)c2ccccc2)c1.c1c[nH]cn1. The highest BCUT2D eigenvalue weighted by molar-refractivity contribution is 7.92. The molecule has 0 aliphatic carbocycles. The van der Waals surface area contributed by atoms with Crippen molar-refractivity contribution in [2.24, 2.45) is 0 Å². The number of benzene rings is 2. The molecule has 0 fully saturated rings. The molecule has 0 saturated heterocycles. The van der Waals surface area contributed by atoms with E-state index in [-0.39, 0.29) is 16.3 Å². The van der Waals surface area contributed by atoms with Crippen LogP contribution in [0.4, 0.5) is 17.6 Å². The van der Waals surface area contributed by atoms with Crippen LogP contribution in [-0.2, 0) is 16.2 Å².